The van der Waals surface area contributed by atoms with Crippen molar-refractivity contribution in [2.75, 3.05) is 7.11 Å². The number of carbonyl (C=O) groups excluding carboxylic acids is 1. The number of aryl methyl sites for hydroxylation is 1. The van der Waals surface area contributed by atoms with Crippen LogP contribution in [0, 0.1) is 0 Å². The summed E-state index contributed by atoms with van der Waals surface area (Å²) in [5, 5.41) is 0. The Kier molecular flexibility index (Phi) is 3.80. The Morgan fingerprint density at radius 1 is 1.21 bits per heavy atom. The Labute approximate surface area is 136 Å². The van der Waals surface area contributed by atoms with Crippen molar-refractivity contribution in [3.8, 4) is 0 Å². The molecule has 8 heteroatoms. The molecule has 0 bridgehead atoms. The molecule has 0 N–H and O–H groups in total. The van der Waals surface area contributed by atoms with Gasteiger partial charge in [0.15, 0.2) is 11.2 Å². The van der Waals surface area contributed by atoms with Crippen molar-refractivity contribution in [1.82, 2.24) is 18.7 Å². The van der Waals surface area contributed by atoms with E-state index in [9.17, 15) is 14.4 Å². The number of fused-ring (bicyclic) bond motifs is 1. The number of rotatable bonds is 3. The van der Waals surface area contributed by atoms with Gasteiger partial charge in [0.05, 0.1) is 19.0 Å². The second kappa shape index (κ2) is 5.80. The Hall–Kier alpha value is -3.16. The predicted molar refractivity (Wildman–Crippen MR) is 87.1 cm³/mol. The molecular weight excluding hydrogens is 312 g/mol. The van der Waals surface area contributed by atoms with Crippen LogP contribution in [0.5, 0.6) is 0 Å². The monoisotopic (exact) mass is 328 g/mol. The second-order valence-electron chi connectivity index (χ2n) is 5.44. The summed E-state index contributed by atoms with van der Waals surface area (Å²) in [6.45, 7) is 0.342. The lowest BCUT2D eigenvalue weighted by Gasteiger charge is -2.08. The van der Waals surface area contributed by atoms with Gasteiger partial charge in [-0.15, -0.1) is 0 Å². The van der Waals surface area contributed by atoms with Crippen molar-refractivity contribution >= 4 is 17.1 Å². The summed E-state index contributed by atoms with van der Waals surface area (Å²) in [5.74, 6) is -0.425. The van der Waals surface area contributed by atoms with Gasteiger partial charge in [-0.1, -0.05) is 12.1 Å². The molecule has 0 unspecified atom stereocenters. The van der Waals surface area contributed by atoms with E-state index in [-0.39, 0.29) is 0 Å². The smallest absolute Gasteiger partial charge is 0.337 e. The van der Waals surface area contributed by atoms with Gasteiger partial charge >= 0.3 is 11.7 Å². The summed E-state index contributed by atoms with van der Waals surface area (Å²) in [4.78, 5) is 40.2. The normalized spacial score (nSPS) is 11.0. The maximum Gasteiger partial charge on any atom is 0.337 e. The van der Waals surface area contributed by atoms with Crippen LogP contribution < -0.4 is 11.2 Å². The van der Waals surface area contributed by atoms with E-state index in [4.69, 9.17) is 4.74 Å². The van der Waals surface area contributed by atoms with Crippen molar-refractivity contribution in [3.05, 3.63) is 62.6 Å². The molecule has 0 aliphatic heterocycles. The summed E-state index contributed by atoms with van der Waals surface area (Å²) in [6, 6.07) is 6.94. The maximum atomic E-state index is 12.4. The first-order valence-electron chi connectivity index (χ1n) is 7.22. The van der Waals surface area contributed by atoms with E-state index in [1.807, 2.05) is 6.07 Å². The van der Waals surface area contributed by atoms with Crippen molar-refractivity contribution in [3.63, 3.8) is 0 Å². The lowest BCUT2D eigenvalue weighted by Crippen LogP contribution is -2.37. The van der Waals surface area contributed by atoms with Gasteiger partial charge in [-0.05, 0) is 17.7 Å². The Balaban J connectivity index is 2.11. The zero-order chi connectivity index (χ0) is 17.4. The number of nitrogens with zero attached hydrogens (tertiary/aromatic N) is 4. The standard InChI is InChI=1S/C16H16N4O4/c1-18-13-12(14(21)19(2)16(18)23)20(9-17-13)8-10-5-4-6-11(7-10)15(22)24-3/h4-7,9H,8H2,1-3H3. The lowest BCUT2D eigenvalue weighted by atomic mass is 10.1. The van der Waals surface area contributed by atoms with Gasteiger partial charge in [-0.25, -0.2) is 14.6 Å². The van der Waals surface area contributed by atoms with E-state index < -0.39 is 17.2 Å². The first-order chi connectivity index (χ1) is 11.4. The molecule has 8 nitrogen and oxygen atoms in total. The number of methoxy groups -OCH3 is 1. The number of ether oxygens (including phenoxy) is 1. The molecule has 0 atom stereocenters. The number of aromatic nitrogens is 4. The van der Waals surface area contributed by atoms with E-state index in [2.05, 4.69) is 4.98 Å². The average Bonchev–Trinajstić information content (AvgIpc) is 3.01. The highest BCUT2D eigenvalue weighted by Crippen LogP contribution is 2.12. The summed E-state index contributed by atoms with van der Waals surface area (Å²) < 4.78 is 8.75. The zero-order valence-corrected chi connectivity index (χ0v) is 13.5. The second-order valence-corrected chi connectivity index (χ2v) is 5.44. The molecule has 24 heavy (non-hydrogen) atoms. The minimum absolute atomic E-state index is 0.326. The maximum absolute atomic E-state index is 12.4. The number of carbonyl (C=O) groups is 1. The van der Waals surface area contributed by atoms with E-state index >= 15 is 0 Å². The third-order valence-corrected chi connectivity index (χ3v) is 3.92. The van der Waals surface area contributed by atoms with Gasteiger partial charge in [0.2, 0.25) is 0 Å². The third kappa shape index (κ3) is 2.41. The number of hydrogen-bond donors (Lipinski definition) is 0. The van der Waals surface area contributed by atoms with Crippen LogP contribution in [0.1, 0.15) is 15.9 Å². The van der Waals surface area contributed by atoms with E-state index in [0.29, 0.717) is 23.3 Å². The first kappa shape index (κ1) is 15.7. The lowest BCUT2D eigenvalue weighted by molar-refractivity contribution is 0.0600. The number of imidazole rings is 1. The Morgan fingerprint density at radius 2 is 1.96 bits per heavy atom. The molecule has 2 aromatic heterocycles. The van der Waals surface area contributed by atoms with Crippen molar-refractivity contribution in [1.29, 1.82) is 0 Å². The van der Waals surface area contributed by atoms with Gasteiger partial charge in [-0.2, -0.15) is 0 Å². The SMILES string of the molecule is COC(=O)c1cccc(Cn2cnc3c2c(=O)n(C)c(=O)n3C)c1. The van der Waals surface area contributed by atoms with E-state index in [1.165, 1.54) is 25.1 Å². The molecule has 3 rings (SSSR count). The molecule has 0 aliphatic carbocycles. The van der Waals surface area contributed by atoms with Crippen LogP contribution in [0.2, 0.25) is 0 Å². The van der Waals surface area contributed by atoms with Crippen LogP contribution in [0.3, 0.4) is 0 Å². The van der Waals surface area contributed by atoms with Crippen molar-refractivity contribution in [2.24, 2.45) is 14.1 Å². The average molecular weight is 328 g/mol. The van der Waals surface area contributed by atoms with Crippen LogP contribution in [0.4, 0.5) is 0 Å². The molecule has 2 heterocycles. The van der Waals surface area contributed by atoms with Gasteiger partial charge < -0.3 is 9.30 Å². The highest BCUT2D eigenvalue weighted by Gasteiger charge is 2.14. The molecular formula is C16H16N4O4. The molecule has 124 valence electrons. The van der Waals surface area contributed by atoms with Gasteiger partial charge in [0.1, 0.15) is 0 Å². The number of hydrogen-bond acceptors (Lipinski definition) is 5. The van der Waals surface area contributed by atoms with E-state index in [0.717, 1.165) is 10.1 Å². The summed E-state index contributed by atoms with van der Waals surface area (Å²) >= 11 is 0. The predicted octanol–water partition coefficient (Wildman–Crippen LogP) is 0.269. The van der Waals surface area contributed by atoms with Crippen LogP contribution in [-0.2, 0) is 25.4 Å². The molecule has 0 fully saturated rings. The molecule has 0 spiro atoms. The van der Waals surface area contributed by atoms with Crippen LogP contribution in [0.25, 0.3) is 11.2 Å². The molecule has 0 saturated carbocycles. The molecule has 0 saturated heterocycles. The van der Waals surface area contributed by atoms with Gasteiger partial charge in [-0.3, -0.25) is 13.9 Å². The largest absolute Gasteiger partial charge is 0.465 e. The first-order valence-corrected chi connectivity index (χ1v) is 7.22. The fourth-order valence-electron chi connectivity index (χ4n) is 2.63. The minimum Gasteiger partial charge on any atom is -0.465 e. The fourth-order valence-corrected chi connectivity index (χ4v) is 2.63. The highest BCUT2D eigenvalue weighted by atomic mass is 16.5. The highest BCUT2D eigenvalue weighted by molar-refractivity contribution is 5.89. The molecule has 0 aliphatic rings. The topological polar surface area (TPSA) is 88.1 Å². The summed E-state index contributed by atoms with van der Waals surface area (Å²) in [6.07, 6.45) is 1.51. The van der Waals surface area contributed by atoms with E-state index in [1.54, 1.807) is 29.8 Å². The van der Waals surface area contributed by atoms with Crippen molar-refractivity contribution < 1.29 is 9.53 Å². The Bertz CT molecular complexity index is 1060. The zero-order valence-electron chi connectivity index (χ0n) is 13.5. The third-order valence-electron chi connectivity index (χ3n) is 3.92. The minimum atomic E-state index is -0.426. The molecule has 0 amide bonds. The van der Waals surface area contributed by atoms with Crippen LogP contribution >= 0.6 is 0 Å². The summed E-state index contributed by atoms with van der Waals surface area (Å²) in [7, 11) is 4.32. The van der Waals surface area contributed by atoms with Crippen molar-refractivity contribution in [2.45, 2.75) is 6.54 Å². The van der Waals surface area contributed by atoms with Gasteiger partial charge in [0, 0.05) is 20.6 Å². The van der Waals surface area contributed by atoms with Crippen LogP contribution in [-0.4, -0.2) is 31.8 Å². The summed E-state index contributed by atoms with van der Waals surface area (Å²) in [5.41, 5.74) is 1.07. The Morgan fingerprint density at radius 3 is 2.67 bits per heavy atom. The quantitative estimate of drug-likeness (QED) is 0.644. The number of esters is 1. The molecule has 3 aromatic rings. The number of benzene rings is 1. The van der Waals surface area contributed by atoms with Gasteiger partial charge in [0.25, 0.3) is 5.56 Å². The molecule has 1 aromatic carbocycles. The van der Waals surface area contributed by atoms with Crippen LogP contribution in [0.15, 0.2) is 40.2 Å². The molecule has 0 radical (unpaired) electrons. The fraction of sp³-hybridized carbons (Fsp3) is 0.250.